The van der Waals surface area contributed by atoms with Gasteiger partial charge in [0, 0.05) is 17.3 Å². The van der Waals surface area contributed by atoms with Crippen LogP contribution in [0.1, 0.15) is 51.7 Å². The van der Waals surface area contributed by atoms with Crippen molar-refractivity contribution in [3.8, 4) is 0 Å². The number of carboxylic acids is 1. The van der Waals surface area contributed by atoms with E-state index in [1.165, 1.54) is 6.07 Å². The first-order valence-corrected chi connectivity index (χ1v) is 9.91. The number of hydrogen-bond acceptors (Lipinski definition) is 3. The third kappa shape index (κ3) is 5.03. The standard InChI is InChI=1S/C24H24N2O4/c1-2-3-7-19-8-6-11-22(27)26(19)16-17-12-14-18(15-13-17)23(28)25-21-10-5-4-9-20(21)24(29)30/h4-6,8-15H,2-3,7,16H2,1H3,(H,25,28)(H,29,30). The molecular formula is C24H24N2O4. The van der Waals surface area contributed by atoms with Crippen molar-refractivity contribution in [2.75, 3.05) is 5.32 Å². The number of carbonyl (C=O) groups excluding carboxylic acids is 1. The lowest BCUT2D eigenvalue weighted by atomic mass is 10.1. The lowest BCUT2D eigenvalue weighted by Crippen LogP contribution is -2.23. The maximum absolute atomic E-state index is 12.5. The summed E-state index contributed by atoms with van der Waals surface area (Å²) in [6.07, 6.45) is 2.91. The molecule has 0 unspecified atom stereocenters. The van der Waals surface area contributed by atoms with E-state index in [9.17, 15) is 19.5 Å². The van der Waals surface area contributed by atoms with Gasteiger partial charge in [-0.05, 0) is 48.7 Å². The minimum atomic E-state index is -1.10. The third-order valence-electron chi connectivity index (χ3n) is 4.89. The normalized spacial score (nSPS) is 10.6. The summed E-state index contributed by atoms with van der Waals surface area (Å²) in [6.45, 7) is 2.55. The van der Waals surface area contributed by atoms with E-state index in [1.54, 1.807) is 59.2 Å². The van der Waals surface area contributed by atoms with Crippen molar-refractivity contribution in [3.05, 3.63) is 99.5 Å². The van der Waals surface area contributed by atoms with Gasteiger partial charge in [0.15, 0.2) is 0 Å². The fourth-order valence-corrected chi connectivity index (χ4v) is 3.24. The van der Waals surface area contributed by atoms with E-state index >= 15 is 0 Å². The summed E-state index contributed by atoms with van der Waals surface area (Å²) in [4.78, 5) is 36.1. The number of pyridine rings is 1. The molecule has 2 N–H and O–H groups in total. The first kappa shape index (κ1) is 21.0. The van der Waals surface area contributed by atoms with Crippen molar-refractivity contribution < 1.29 is 14.7 Å². The quantitative estimate of drug-likeness (QED) is 0.589. The molecule has 0 fully saturated rings. The highest BCUT2D eigenvalue weighted by atomic mass is 16.4. The molecule has 2 aromatic carbocycles. The molecule has 0 aliphatic carbocycles. The average molecular weight is 404 g/mol. The van der Waals surface area contributed by atoms with Crippen molar-refractivity contribution in [1.29, 1.82) is 0 Å². The molecule has 6 heteroatoms. The van der Waals surface area contributed by atoms with E-state index in [4.69, 9.17) is 0 Å². The van der Waals surface area contributed by atoms with Gasteiger partial charge in [0.1, 0.15) is 0 Å². The van der Waals surface area contributed by atoms with Crippen LogP contribution in [0, 0.1) is 0 Å². The van der Waals surface area contributed by atoms with Gasteiger partial charge in [-0.15, -0.1) is 0 Å². The monoisotopic (exact) mass is 404 g/mol. The molecule has 3 rings (SSSR count). The molecule has 0 spiro atoms. The van der Waals surface area contributed by atoms with Crippen molar-refractivity contribution in [2.24, 2.45) is 0 Å². The number of unbranched alkanes of at least 4 members (excludes halogenated alkanes) is 1. The Hall–Kier alpha value is -3.67. The van der Waals surface area contributed by atoms with Crippen LogP contribution in [0.4, 0.5) is 5.69 Å². The van der Waals surface area contributed by atoms with Crippen LogP contribution in [0.3, 0.4) is 0 Å². The minimum Gasteiger partial charge on any atom is -0.478 e. The van der Waals surface area contributed by atoms with Gasteiger partial charge in [0.25, 0.3) is 11.5 Å². The van der Waals surface area contributed by atoms with E-state index in [0.717, 1.165) is 30.5 Å². The van der Waals surface area contributed by atoms with Gasteiger partial charge in [-0.25, -0.2) is 4.79 Å². The second-order valence-electron chi connectivity index (χ2n) is 7.05. The summed E-state index contributed by atoms with van der Waals surface area (Å²) < 4.78 is 1.76. The van der Waals surface area contributed by atoms with E-state index in [1.807, 2.05) is 6.07 Å². The van der Waals surface area contributed by atoms with Crippen LogP contribution >= 0.6 is 0 Å². The SMILES string of the molecule is CCCCc1cccc(=O)n1Cc1ccc(C(=O)Nc2ccccc2C(=O)O)cc1. The van der Waals surface area contributed by atoms with Crippen LogP contribution in [0.5, 0.6) is 0 Å². The predicted molar refractivity (Wildman–Crippen MR) is 116 cm³/mol. The van der Waals surface area contributed by atoms with E-state index in [0.29, 0.717) is 12.1 Å². The van der Waals surface area contributed by atoms with Crippen molar-refractivity contribution in [3.63, 3.8) is 0 Å². The summed E-state index contributed by atoms with van der Waals surface area (Å²) in [7, 11) is 0. The number of hydrogen-bond donors (Lipinski definition) is 2. The number of carboxylic acid groups (broad SMARTS) is 1. The lowest BCUT2D eigenvalue weighted by Gasteiger charge is -2.13. The van der Waals surface area contributed by atoms with Crippen LogP contribution in [0.2, 0.25) is 0 Å². The van der Waals surface area contributed by atoms with Gasteiger partial charge < -0.3 is 15.0 Å². The predicted octanol–water partition coefficient (Wildman–Crippen LogP) is 4.19. The summed E-state index contributed by atoms with van der Waals surface area (Å²) in [5.41, 5.74) is 2.54. The summed E-state index contributed by atoms with van der Waals surface area (Å²) in [6, 6.07) is 18.5. The molecule has 1 amide bonds. The Morgan fingerprint density at radius 1 is 0.967 bits per heavy atom. The number of amides is 1. The van der Waals surface area contributed by atoms with Gasteiger partial charge in [0.05, 0.1) is 17.8 Å². The Morgan fingerprint density at radius 3 is 2.40 bits per heavy atom. The zero-order valence-corrected chi connectivity index (χ0v) is 16.8. The highest BCUT2D eigenvalue weighted by Crippen LogP contribution is 2.17. The van der Waals surface area contributed by atoms with Crippen molar-refractivity contribution >= 4 is 17.6 Å². The largest absolute Gasteiger partial charge is 0.478 e. The number of carbonyl (C=O) groups is 2. The zero-order chi connectivity index (χ0) is 21.5. The maximum Gasteiger partial charge on any atom is 0.337 e. The number of nitrogens with zero attached hydrogens (tertiary/aromatic N) is 1. The molecule has 0 bridgehead atoms. The van der Waals surface area contributed by atoms with Crippen LogP contribution in [0.25, 0.3) is 0 Å². The molecule has 3 aromatic rings. The second kappa shape index (κ2) is 9.69. The summed E-state index contributed by atoms with van der Waals surface area (Å²) in [5, 5.41) is 11.9. The highest BCUT2D eigenvalue weighted by molar-refractivity contribution is 6.07. The zero-order valence-electron chi connectivity index (χ0n) is 16.8. The number of benzene rings is 2. The topological polar surface area (TPSA) is 88.4 Å². The van der Waals surface area contributed by atoms with Crippen LogP contribution in [0.15, 0.2) is 71.5 Å². The minimum absolute atomic E-state index is 0.0329. The number of aromatic nitrogens is 1. The van der Waals surface area contributed by atoms with Gasteiger partial charge in [0.2, 0.25) is 0 Å². The number of para-hydroxylation sites is 1. The number of rotatable bonds is 8. The average Bonchev–Trinajstić information content (AvgIpc) is 2.75. The Balaban J connectivity index is 1.76. The van der Waals surface area contributed by atoms with Crippen LogP contribution in [-0.4, -0.2) is 21.6 Å². The fourth-order valence-electron chi connectivity index (χ4n) is 3.24. The number of aromatic carboxylic acids is 1. The molecule has 6 nitrogen and oxygen atoms in total. The first-order valence-electron chi connectivity index (χ1n) is 9.91. The molecule has 0 radical (unpaired) electrons. The van der Waals surface area contributed by atoms with E-state index in [2.05, 4.69) is 12.2 Å². The fraction of sp³-hybridized carbons (Fsp3) is 0.208. The molecular weight excluding hydrogens is 380 g/mol. The lowest BCUT2D eigenvalue weighted by molar-refractivity contribution is 0.0698. The maximum atomic E-state index is 12.5. The molecule has 0 saturated carbocycles. The molecule has 154 valence electrons. The molecule has 0 aliphatic rings. The Labute approximate surface area is 174 Å². The molecule has 0 saturated heterocycles. The van der Waals surface area contributed by atoms with Gasteiger partial charge >= 0.3 is 5.97 Å². The van der Waals surface area contributed by atoms with Crippen molar-refractivity contribution in [2.45, 2.75) is 32.7 Å². The molecule has 30 heavy (non-hydrogen) atoms. The number of anilines is 1. The van der Waals surface area contributed by atoms with Crippen molar-refractivity contribution in [1.82, 2.24) is 4.57 Å². The summed E-state index contributed by atoms with van der Waals surface area (Å²) >= 11 is 0. The molecule has 1 heterocycles. The summed E-state index contributed by atoms with van der Waals surface area (Å²) in [5.74, 6) is -1.50. The van der Waals surface area contributed by atoms with Crippen LogP contribution in [-0.2, 0) is 13.0 Å². The molecule has 0 aliphatic heterocycles. The van der Waals surface area contributed by atoms with Gasteiger partial charge in [-0.3, -0.25) is 9.59 Å². The number of aryl methyl sites for hydroxylation is 1. The Kier molecular flexibility index (Phi) is 6.80. The smallest absolute Gasteiger partial charge is 0.337 e. The molecule has 1 aromatic heterocycles. The second-order valence-corrected chi connectivity index (χ2v) is 7.05. The van der Waals surface area contributed by atoms with E-state index < -0.39 is 11.9 Å². The van der Waals surface area contributed by atoms with Gasteiger partial charge in [-0.2, -0.15) is 0 Å². The highest BCUT2D eigenvalue weighted by Gasteiger charge is 2.13. The first-order chi connectivity index (χ1) is 14.5. The van der Waals surface area contributed by atoms with Crippen LogP contribution < -0.4 is 10.9 Å². The molecule has 0 atom stereocenters. The third-order valence-corrected chi connectivity index (χ3v) is 4.89. The Morgan fingerprint density at radius 2 is 1.70 bits per heavy atom. The number of nitrogens with one attached hydrogen (secondary N) is 1. The van der Waals surface area contributed by atoms with Gasteiger partial charge in [-0.1, -0.05) is 43.7 Å². The Bertz CT molecular complexity index is 1100. The van der Waals surface area contributed by atoms with E-state index in [-0.39, 0.29) is 16.8 Å².